The SMILES string of the molecule is CC1C(=O)C2=C(CCCCC2)c2ccc(OS(N)(=O)=O)cc21.CC1C(=O)C2=C(CCCCC2)c2ccc(OS(N)(=O)=O)cc21.CC1C(=O)C2=C(CCCCCCC2)c2ccc(OS(N)(=O)=O)cc21.CC1C(=O)c2c(ccc3c2CCCC3)-c2ccc(OS(N)(=O)=O)cc21. The van der Waals surface area contributed by atoms with Gasteiger partial charge in [0.1, 0.15) is 23.0 Å². The lowest BCUT2D eigenvalue weighted by atomic mass is 9.74. The maximum absolute atomic E-state index is 13.1. The van der Waals surface area contributed by atoms with Crippen molar-refractivity contribution in [1.82, 2.24) is 0 Å². The Hall–Kier alpha value is -7.16. The van der Waals surface area contributed by atoms with Gasteiger partial charge < -0.3 is 16.7 Å². The number of ketones is 4. The van der Waals surface area contributed by atoms with E-state index in [0.717, 1.165) is 198 Å². The fraction of sp³-hybridized carbons (Fsp3) is 0.420. The quantitative estimate of drug-likeness (QED) is 0.112. The molecule has 5 aromatic carbocycles. The highest BCUT2D eigenvalue weighted by Crippen LogP contribution is 2.48. The van der Waals surface area contributed by atoms with Crippen molar-refractivity contribution >= 4 is 81.1 Å². The Labute approximate surface area is 545 Å². The van der Waals surface area contributed by atoms with Crippen LogP contribution < -0.4 is 37.3 Å². The van der Waals surface area contributed by atoms with Gasteiger partial charge in [-0.05, 0) is 246 Å². The molecule has 0 amide bonds. The van der Waals surface area contributed by atoms with Gasteiger partial charge in [0.2, 0.25) is 0 Å². The van der Waals surface area contributed by atoms with E-state index in [9.17, 15) is 52.8 Å². The molecule has 93 heavy (non-hydrogen) atoms. The summed E-state index contributed by atoms with van der Waals surface area (Å²) in [6.07, 6.45) is 21.7. The average Bonchev–Trinajstić information content (AvgIpc) is 0.977. The first kappa shape index (κ1) is 68.7. The molecule has 5 aromatic rings. The number of fused-ring (bicyclic) bond motifs is 11. The van der Waals surface area contributed by atoms with Gasteiger partial charge in [-0.15, -0.1) is 0 Å². The van der Waals surface area contributed by atoms with Gasteiger partial charge in [-0.3, -0.25) is 19.2 Å². The van der Waals surface area contributed by atoms with Crippen LogP contribution in [0.15, 0.2) is 102 Å². The highest BCUT2D eigenvalue weighted by atomic mass is 32.2. The van der Waals surface area contributed by atoms with Crippen LogP contribution in [0.5, 0.6) is 23.0 Å². The molecule has 8 aliphatic rings. The fourth-order valence-corrected chi connectivity index (χ4v) is 16.1. The van der Waals surface area contributed by atoms with Gasteiger partial charge in [-0.1, -0.05) is 96.2 Å². The third-order valence-electron chi connectivity index (χ3n) is 19.0. The van der Waals surface area contributed by atoms with Crippen molar-refractivity contribution in [2.45, 2.75) is 186 Å². The summed E-state index contributed by atoms with van der Waals surface area (Å²) in [5, 5.41) is 19.7. The van der Waals surface area contributed by atoms with E-state index in [1.807, 2.05) is 58.0 Å². The van der Waals surface area contributed by atoms with E-state index < -0.39 is 41.2 Å². The Morgan fingerprint density at radius 1 is 0.301 bits per heavy atom. The smallest absolute Gasteiger partial charge is 0.371 e. The minimum absolute atomic E-state index is 0.0917. The number of Topliss-reactive ketones (excluding diaryl/α,β-unsaturated/α-hetero) is 4. The van der Waals surface area contributed by atoms with Crippen molar-refractivity contribution < 1.29 is 69.6 Å². The van der Waals surface area contributed by atoms with Gasteiger partial charge in [-0.2, -0.15) is 54.2 Å². The Morgan fingerprint density at radius 3 is 0.903 bits per heavy atom. The number of nitrogens with two attached hydrogens (primary N) is 4. The van der Waals surface area contributed by atoms with Crippen LogP contribution in [-0.2, 0) is 68.4 Å². The van der Waals surface area contributed by atoms with Crippen LogP contribution in [0.3, 0.4) is 0 Å². The summed E-state index contributed by atoms with van der Waals surface area (Å²) in [7, 11) is -16.3. The second-order valence-electron chi connectivity index (χ2n) is 25.2. The molecular formula is C69H80N4O16S4. The number of carbonyl (C=O) groups is 4. The Morgan fingerprint density at radius 2 is 0.559 bits per heavy atom. The van der Waals surface area contributed by atoms with Gasteiger partial charge in [0.05, 0.1) is 0 Å². The molecule has 0 heterocycles. The minimum Gasteiger partial charge on any atom is -0.371 e. The largest absolute Gasteiger partial charge is 0.380 e. The summed E-state index contributed by atoms with van der Waals surface area (Å²) in [6.45, 7) is 7.44. The first-order chi connectivity index (χ1) is 43.9. The second kappa shape index (κ2) is 28.0. The van der Waals surface area contributed by atoms with E-state index in [0.29, 0.717) is 0 Å². The summed E-state index contributed by atoms with van der Waals surface area (Å²) in [6, 6.07) is 24.4. The first-order valence-electron chi connectivity index (χ1n) is 31.9. The molecule has 0 radical (unpaired) electrons. The molecule has 24 heteroatoms. The van der Waals surface area contributed by atoms with Gasteiger partial charge in [0, 0.05) is 29.2 Å². The Bertz CT molecular complexity index is 4310. The van der Waals surface area contributed by atoms with E-state index in [4.69, 9.17) is 37.3 Å². The molecule has 496 valence electrons. The van der Waals surface area contributed by atoms with E-state index in [2.05, 4.69) is 6.07 Å². The molecule has 8 aliphatic carbocycles. The average molecular weight is 1350 g/mol. The molecule has 4 atom stereocenters. The van der Waals surface area contributed by atoms with Crippen LogP contribution in [0, 0.1) is 0 Å². The number of allylic oxidation sites excluding steroid dienone is 6. The van der Waals surface area contributed by atoms with Crippen molar-refractivity contribution in [3.8, 4) is 34.1 Å². The molecule has 0 bridgehead atoms. The third kappa shape index (κ3) is 16.0. The van der Waals surface area contributed by atoms with E-state index in [1.54, 1.807) is 48.5 Å². The van der Waals surface area contributed by atoms with Crippen LogP contribution in [0.1, 0.15) is 234 Å². The zero-order chi connectivity index (χ0) is 66.9. The summed E-state index contributed by atoms with van der Waals surface area (Å²) in [5.74, 6) is -0.0619. The monoisotopic (exact) mass is 1350 g/mol. The lowest BCUT2D eigenvalue weighted by Crippen LogP contribution is -2.22. The molecule has 0 aliphatic heterocycles. The zero-order valence-electron chi connectivity index (χ0n) is 52.7. The lowest BCUT2D eigenvalue weighted by Gasteiger charge is -2.29. The topological polar surface area (TPSA) is 346 Å². The predicted octanol–water partition coefficient (Wildman–Crippen LogP) is 11.9. The number of rotatable bonds is 8. The third-order valence-corrected chi connectivity index (χ3v) is 20.7. The molecular weight excluding hydrogens is 1270 g/mol. The molecule has 0 fully saturated rings. The number of carbonyl (C=O) groups excluding carboxylic acids is 4. The van der Waals surface area contributed by atoms with Crippen molar-refractivity contribution in [2.24, 2.45) is 20.6 Å². The Kier molecular flexibility index (Phi) is 20.7. The number of hydrogen-bond donors (Lipinski definition) is 4. The van der Waals surface area contributed by atoms with Crippen molar-refractivity contribution in [3.05, 3.63) is 157 Å². The molecule has 0 saturated heterocycles. The normalized spacial score (nSPS) is 21.2. The van der Waals surface area contributed by atoms with Gasteiger partial charge >= 0.3 is 41.2 Å². The molecule has 4 unspecified atom stereocenters. The maximum atomic E-state index is 13.1. The standard InChI is InChI=1S/C19H19NO4S.C18H23NO4S.2C16H19NO4S/c1-11-17-10-13(24-25(20,22)23)7-9-15(17)16-8-6-12-4-2-3-5-14(12)18(16)19(11)21;1-12-17-11-13(23-24(19,21)22)9-10-15(17)14-7-5-3-2-4-6-8-16(14)18(12)20;2*1-10-15-9-11(21-22(17,19)20)7-8-13(15)12-5-3-2-4-6-14(12)16(10)18/h6-11H,2-5H2,1H3,(H2,20,22,23);9-12H,2-8H2,1H3,(H2,19,21,22);2*7-10H,2-6H2,1H3,(H2,17,19,20). The maximum Gasteiger partial charge on any atom is 0.380 e. The number of benzene rings is 5. The molecule has 20 nitrogen and oxygen atoms in total. The minimum atomic E-state index is -4.09. The van der Waals surface area contributed by atoms with Crippen molar-refractivity contribution in [3.63, 3.8) is 0 Å². The highest BCUT2D eigenvalue weighted by Gasteiger charge is 2.37. The van der Waals surface area contributed by atoms with Crippen LogP contribution in [0.4, 0.5) is 0 Å². The first-order valence-corrected chi connectivity index (χ1v) is 37.8. The second-order valence-corrected chi connectivity index (χ2v) is 29.8. The van der Waals surface area contributed by atoms with Crippen molar-refractivity contribution in [2.75, 3.05) is 0 Å². The van der Waals surface area contributed by atoms with Gasteiger partial charge in [0.25, 0.3) is 0 Å². The lowest BCUT2D eigenvalue weighted by molar-refractivity contribution is -0.117. The summed E-state index contributed by atoms with van der Waals surface area (Å²) in [4.78, 5) is 51.2. The number of hydrogen-bond acceptors (Lipinski definition) is 16. The van der Waals surface area contributed by atoms with Crippen LogP contribution in [0.2, 0.25) is 0 Å². The van der Waals surface area contributed by atoms with E-state index in [1.165, 1.54) is 36.8 Å². The number of aryl methyl sites for hydroxylation is 1. The fourth-order valence-electron chi connectivity index (χ4n) is 14.6. The highest BCUT2D eigenvalue weighted by molar-refractivity contribution is 7.85. The van der Waals surface area contributed by atoms with Gasteiger partial charge in [0.15, 0.2) is 23.1 Å². The van der Waals surface area contributed by atoms with Gasteiger partial charge in [-0.25, -0.2) is 0 Å². The predicted molar refractivity (Wildman–Crippen MR) is 355 cm³/mol. The summed E-state index contributed by atoms with van der Waals surface area (Å²) < 4.78 is 108. The van der Waals surface area contributed by atoms with Crippen LogP contribution in [-0.4, -0.2) is 56.8 Å². The molecule has 0 saturated carbocycles. The molecule has 8 N–H and O–H groups in total. The zero-order valence-corrected chi connectivity index (χ0v) is 56.0. The summed E-state index contributed by atoms with van der Waals surface area (Å²) in [5.41, 5.74) is 17.9. The molecule has 0 spiro atoms. The summed E-state index contributed by atoms with van der Waals surface area (Å²) >= 11 is 0. The van der Waals surface area contributed by atoms with Crippen LogP contribution in [0.25, 0.3) is 27.8 Å². The van der Waals surface area contributed by atoms with E-state index in [-0.39, 0.29) is 69.8 Å². The van der Waals surface area contributed by atoms with Crippen molar-refractivity contribution in [1.29, 1.82) is 0 Å². The molecule has 0 aromatic heterocycles. The van der Waals surface area contributed by atoms with E-state index >= 15 is 0 Å². The molecule has 13 rings (SSSR count). The Balaban J connectivity index is 0.000000136. The van der Waals surface area contributed by atoms with Crippen LogP contribution >= 0.6 is 0 Å².